The van der Waals surface area contributed by atoms with Gasteiger partial charge in [0.15, 0.2) is 0 Å². The zero-order chi connectivity index (χ0) is 13.1. The van der Waals surface area contributed by atoms with Gasteiger partial charge >= 0.3 is 0 Å². The topological polar surface area (TPSA) is 41.1 Å². The number of hydrogen-bond acceptors (Lipinski definition) is 4. The van der Waals surface area contributed by atoms with Crippen molar-refractivity contribution in [1.82, 2.24) is 15.3 Å². The van der Waals surface area contributed by atoms with Crippen LogP contribution in [0.2, 0.25) is 0 Å². The molecule has 1 saturated heterocycles. The number of anilines is 1. The van der Waals surface area contributed by atoms with Gasteiger partial charge in [-0.15, -0.1) is 0 Å². The molecule has 4 nitrogen and oxygen atoms in total. The molecule has 0 amide bonds. The molecule has 2 rings (SSSR count). The zero-order valence-corrected chi connectivity index (χ0v) is 11.9. The van der Waals surface area contributed by atoms with Crippen LogP contribution in [0.3, 0.4) is 0 Å². The Labute approximate surface area is 110 Å². The van der Waals surface area contributed by atoms with Gasteiger partial charge in [0.1, 0.15) is 0 Å². The Morgan fingerprint density at radius 2 is 2.22 bits per heavy atom. The molecule has 1 aromatic rings. The van der Waals surface area contributed by atoms with E-state index in [2.05, 4.69) is 41.0 Å². The van der Waals surface area contributed by atoms with Gasteiger partial charge in [-0.25, -0.2) is 9.97 Å². The van der Waals surface area contributed by atoms with Crippen LogP contribution in [-0.2, 0) is 6.54 Å². The number of nitrogens with one attached hydrogen (secondary N) is 1. The molecule has 0 spiro atoms. The minimum atomic E-state index is 0.545. The number of hydrogen-bond donors (Lipinski definition) is 1. The van der Waals surface area contributed by atoms with Crippen molar-refractivity contribution in [2.45, 2.75) is 46.2 Å². The molecule has 1 aromatic heterocycles. The Bertz CT molecular complexity index is 405. The number of aryl methyl sites for hydroxylation is 1. The van der Waals surface area contributed by atoms with E-state index in [1.165, 1.54) is 18.4 Å². The second kappa shape index (κ2) is 5.65. The van der Waals surface area contributed by atoms with Crippen LogP contribution in [0.1, 0.15) is 37.9 Å². The van der Waals surface area contributed by atoms with Gasteiger partial charge in [-0.3, -0.25) is 0 Å². The van der Waals surface area contributed by atoms with Crippen molar-refractivity contribution in [1.29, 1.82) is 0 Å². The Hall–Kier alpha value is -1.16. The lowest BCUT2D eigenvalue weighted by Gasteiger charge is -2.36. The normalized spacial score (nSPS) is 24.3. The average molecular weight is 248 g/mol. The van der Waals surface area contributed by atoms with Crippen molar-refractivity contribution in [3.8, 4) is 0 Å². The van der Waals surface area contributed by atoms with E-state index in [0.29, 0.717) is 6.04 Å². The minimum absolute atomic E-state index is 0.545. The molecule has 1 aliphatic rings. The summed E-state index contributed by atoms with van der Waals surface area (Å²) in [4.78, 5) is 11.5. The van der Waals surface area contributed by atoms with Gasteiger partial charge < -0.3 is 10.2 Å². The maximum atomic E-state index is 4.67. The van der Waals surface area contributed by atoms with Gasteiger partial charge in [-0.05, 0) is 39.7 Å². The molecule has 2 unspecified atom stereocenters. The maximum absolute atomic E-state index is 4.67. The Morgan fingerprint density at radius 1 is 1.44 bits per heavy atom. The monoisotopic (exact) mass is 248 g/mol. The molecule has 2 heterocycles. The summed E-state index contributed by atoms with van der Waals surface area (Å²) in [6.45, 7) is 8.58. The molecule has 0 aliphatic carbocycles. The Balaban J connectivity index is 2.16. The summed E-state index contributed by atoms with van der Waals surface area (Å²) in [6, 6.07) is 0.545. The van der Waals surface area contributed by atoms with Crippen LogP contribution in [0.15, 0.2) is 6.20 Å². The first kappa shape index (κ1) is 13.3. The van der Waals surface area contributed by atoms with E-state index >= 15 is 0 Å². The van der Waals surface area contributed by atoms with Crippen LogP contribution in [-0.4, -0.2) is 29.6 Å². The zero-order valence-electron chi connectivity index (χ0n) is 11.9. The van der Waals surface area contributed by atoms with Crippen molar-refractivity contribution in [2.24, 2.45) is 5.92 Å². The van der Waals surface area contributed by atoms with Crippen molar-refractivity contribution in [3.05, 3.63) is 17.5 Å². The van der Waals surface area contributed by atoms with Crippen LogP contribution in [0.25, 0.3) is 0 Å². The standard InChI is InChI=1S/C14H24N4/c1-10-5-6-18(11(2)7-10)14-16-9-13(8-15-4)12(3)17-14/h9-11,15H,5-8H2,1-4H3. The first-order chi connectivity index (χ1) is 8.61. The van der Waals surface area contributed by atoms with E-state index in [1.54, 1.807) is 0 Å². The number of aromatic nitrogens is 2. The number of nitrogens with zero attached hydrogens (tertiary/aromatic N) is 3. The lowest BCUT2D eigenvalue weighted by Crippen LogP contribution is -2.41. The van der Waals surface area contributed by atoms with Crippen molar-refractivity contribution in [2.75, 3.05) is 18.5 Å². The molecule has 100 valence electrons. The van der Waals surface area contributed by atoms with Crippen LogP contribution >= 0.6 is 0 Å². The number of rotatable bonds is 3. The maximum Gasteiger partial charge on any atom is 0.225 e. The van der Waals surface area contributed by atoms with Gasteiger partial charge in [-0.1, -0.05) is 6.92 Å². The summed E-state index contributed by atoms with van der Waals surface area (Å²) < 4.78 is 0. The highest BCUT2D eigenvalue weighted by atomic mass is 15.3. The van der Waals surface area contributed by atoms with E-state index in [9.17, 15) is 0 Å². The van der Waals surface area contributed by atoms with Crippen LogP contribution in [0, 0.1) is 12.8 Å². The van der Waals surface area contributed by atoms with E-state index in [-0.39, 0.29) is 0 Å². The molecular weight excluding hydrogens is 224 g/mol. The predicted molar refractivity (Wildman–Crippen MR) is 74.7 cm³/mol. The molecule has 1 N–H and O–H groups in total. The second-order valence-electron chi connectivity index (χ2n) is 5.48. The third-order valence-electron chi connectivity index (χ3n) is 3.83. The molecule has 2 atom stereocenters. The highest BCUT2D eigenvalue weighted by Crippen LogP contribution is 2.25. The summed E-state index contributed by atoms with van der Waals surface area (Å²) in [5.41, 5.74) is 2.26. The second-order valence-corrected chi connectivity index (χ2v) is 5.48. The molecule has 0 saturated carbocycles. The summed E-state index contributed by atoms with van der Waals surface area (Å²) in [7, 11) is 1.95. The van der Waals surface area contributed by atoms with Crippen LogP contribution in [0.4, 0.5) is 5.95 Å². The highest BCUT2D eigenvalue weighted by molar-refractivity contribution is 5.34. The fourth-order valence-corrected chi connectivity index (χ4v) is 2.69. The van der Waals surface area contributed by atoms with Gasteiger partial charge in [0.2, 0.25) is 5.95 Å². The fourth-order valence-electron chi connectivity index (χ4n) is 2.69. The SMILES string of the molecule is CNCc1cnc(N2CCC(C)CC2C)nc1C. The van der Waals surface area contributed by atoms with Crippen LogP contribution in [0.5, 0.6) is 0 Å². The van der Waals surface area contributed by atoms with E-state index < -0.39 is 0 Å². The fraction of sp³-hybridized carbons (Fsp3) is 0.714. The van der Waals surface area contributed by atoms with E-state index in [0.717, 1.165) is 30.6 Å². The van der Waals surface area contributed by atoms with Gasteiger partial charge in [0.25, 0.3) is 0 Å². The predicted octanol–water partition coefficient (Wildman–Crippen LogP) is 2.13. The highest BCUT2D eigenvalue weighted by Gasteiger charge is 2.24. The molecule has 0 radical (unpaired) electrons. The largest absolute Gasteiger partial charge is 0.338 e. The van der Waals surface area contributed by atoms with Gasteiger partial charge in [-0.2, -0.15) is 0 Å². The average Bonchev–Trinajstić information content (AvgIpc) is 2.32. The molecule has 18 heavy (non-hydrogen) atoms. The summed E-state index contributed by atoms with van der Waals surface area (Å²) in [5, 5.41) is 3.14. The molecule has 1 fully saturated rings. The van der Waals surface area contributed by atoms with Crippen LogP contribution < -0.4 is 10.2 Å². The Morgan fingerprint density at radius 3 is 2.83 bits per heavy atom. The van der Waals surface area contributed by atoms with E-state index in [1.807, 2.05) is 13.2 Å². The van der Waals surface area contributed by atoms with Crippen molar-refractivity contribution < 1.29 is 0 Å². The smallest absolute Gasteiger partial charge is 0.225 e. The first-order valence-electron chi connectivity index (χ1n) is 6.85. The molecule has 4 heteroatoms. The van der Waals surface area contributed by atoms with Crippen molar-refractivity contribution in [3.63, 3.8) is 0 Å². The third-order valence-corrected chi connectivity index (χ3v) is 3.83. The molecule has 0 aromatic carbocycles. The summed E-state index contributed by atoms with van der Waals surface area (Å²) in [6.07, 6.45) is 4.44. The summed E-state index contributed by atoms with van der Waals surface area (Å²) >= 11 is 0. The lowest BCUT2D eigenvalue weighted by atomic mass is 9.94. The Kier molecular flexibility index (Phi) is 4.17. The van der Waals surface area contributed by atoms with Gasteiger partial charge in [0.05, 0.1) is 0 Å². The number of piperidine rings is 1. The molecular formula is C14H24N4. The third kappa shape index (κ3) is 2.80. The summed E-state index contributed by atoms with van der Waals surface area (Å²) in [5.74, 6) is 1.72. The molecule has 1 aliphatic heterocycles. The quantitative estimate of drug-likeness (QED) is 0.889. The van der Waals surface area contributed by atoms with Gasteiger partial charge in [0, 0.05) is 36.6 Å². The van der Waals surface area contributed by atoms with Crippen molar-refractivity contribution >= 4 is 5.95 Å². The first-order valence-corrected chi connectivity index (χ1v) is 6.85. The minimum Gasteiger partial charge on any atom is -0.338 e. The van der Waals surface area contributed by atoms with E-state index in [4.69, 9.17) is 0 Å². The molecule has 0 bridgehead atoms. The lowest BCUT2D eigenvalue weighted by molar-refractivity contribution is 0.373.